The Balaban J connectivity index is 2.75. The molecule has 0 aliphatic heterocycles. The van der Waals surface area contributed by atoms with Crippen LogP contribution in [0.25, 0.3) is 11.2 Å². The highest BCUT2D eigenvalue weighted by Gasteiger charge is 2.09. The number of aryl methyl sites for hydroxylation is 2. The van der Waals surface area contributed by atoms with Gasteiger partial charge in [0, 0.05) is 7.05 Å². The summed E-state index contributed by atoms with van der Waals surface area (Å²) in [5.74, 6) is 0. The highest BCUT2D eigenvalue weighted by atomic mass is 32.2. The highest BCUT2D eigenvalue weighted by molar-refractivity contribution is 7.98. The molecule has 0 saturated heterocycles. The first-order valence-corrected chi connectivity index (χ1v) is 4.88. The SMILES string of the molecule is CSc1nc2c([nH]1)c(C)nn2C. The van der Waals surface area contributed by atoms with Gasteiger partial charge in [-0.3, -0.25) is 0 Å². The van der Waals surface area contributed by atoms with Gasteiger partial charge in [-0.2, -0.15) is 5.10 Å². The van der Waals surface area contributed by atoms with Crippen molar-refractivity contribution < 1.29 is 0 Å². The van der Waals surface area contributed by atoms with Crippen LogP contribution in [0.4, 0.5) is 0 Å². The number of hydrogen-bond donors (Lipinski definition) is 1. The molecule has 2 aromatic heterocycles. The van der Waals surface area contributed by atoms with E-state index < -0.39 is 0 Å². The van der Waals surface area contributed by atoms with Crippen molar-refractivity contribution in [2.45, 2.75) is 12.1 Å². The van der Waals surface area contributed by atoms with Gasteiger partial charge in [0.1, 0.15) is 5.52 Å². The third-order valence-electron chi connectivity index (χ3n) is 1.82. The Kier molecular flexibility index (Phi) is 1.61. The molecule has 0 saturated carbocycles. The zero-order valence-electron chi connectivity index (χ0n) is 7.25. The maximum Gasteiger partial charge on any atom is 0.177 e. The molecular weight excluding hydrogens is 172 g/mol. The van der Waals surface area contributed by atoms with E-state index in [0.29, 0.717) is 0 Å². The smallest absolute Gasteiger partial charge is 0.177 e. The fourth-order valence-corrected chi connectivity index (χ4v) is 1.63. The number of fused-ring (bicyclic) bond motifs is 1. The van der Waals surface area contributed by atoms with Crippen LogP contribution >= 0.6 is 11.8 Å². The molecule has 64 valence electrons. The number of aromatic amines is 1. The second kappa shape index (κ2) is 2.52. The summed E-state index contributed by atoms with van der Waals surface area (Å²) < 4.78 is 1.79. The summed E-state index contributed by atoms with van der Waals surface area (Å²) in [7, 11) is 1.90. The van der Waals surface area contributed by atoms with Gasteiger partial charge in [0.15, 0.2) is 10.8 Å². The van der Waals surface area contributed by atoms with E-state index in [0.717, 1.165) is 22.0 Å². The lowest BCUT2D eigenvalue weighted by Gasteiger charge is -1.87. The third kappa shape index (κ3) is 0.929. The van der Waals surface area contributed by atoms with Crippen LogP contribution in [0.3, 0.4) is 0 Å². The van der Waals surface area contributed by atoms with Crippen molar-refractivity contribution in [3.05, 3.63) is 5.69 Å². The van der Waals surface area contributed by atoms with Crippen LogP contribution in [-0.2, 0) is 7.05 Å². The summed E-state index contributed by atoms with van der Waals surface area (Å²) in [4.78, 5) is 7.56. The molecule has 2 rings (SSSR count). The Hall–Kier alpha value is -0.970. The van der Waals surface area contributed by atoms with E-state index in [-0.39, 0.29) is 0 Å². The van der Waals surface area contributed by atoms with Gasteiger partial charge >= 0.3 is 0 Å². The van der Waals surface area contributed by atoms with Crippen LogP contribution in [0.5, 0.6) is 0 Å². The van der Waals surface area contributed by atoms with Gasteiger partial charge in [0.25, 0.3) is 0 Å². The summed E-state index contributed by atoms with van der Waals surface area (Å²) in [6.45, 7) is 1.98. The lowest BCUT2D eigenvalue weighted by Crippen LogP contribution is -1.90. The Labute approximate surface area is 74.4 Å². The maximum absolute atomic E-state index is 4.36. The summed E-state index contributed by atoms with van der Waals surface area (Å²) in [6, 6.07) is 0. The van der Waals surface area contributed by atoms with Crippen LogP contribution in [0.15, 0.2) is 5.16 Å². The van der Waals surface area contributed by atoms with Gasteiger partial charge < -0.3 is 4.98 Å². The first kappa shape index (κ1) is 7.67. The molecule has 5 heteroatoms. The van der Waals surface area contributed by atoms with Crippen molar-refractivity contribution in [2.24, 2.45) is 7.05 Å². The largest absolute Gasteiger partial charge is 0.330 e. The van der Waals surface area contributed by atoms with Gasteiger partial charge in [0.05, 0.1) is 5.69 Å². The second-order valence-electron chi connectivity index (χ2n) is 2.65. The van der Waals surface area contributed by atoms with Crippen molar-refractivity contribution in [1.82, 2.24) is 19.7 Å². The summed E-state index contributed by atoms with van der Waals surface area (Å²) in [6.07, 6.45) is 2.00. The highest BCUT2D eigenvalue weighted by Crippen LogP contribution is 2.18. The zero-order valence-corrected chi connectivity index (χ0v) is 8.07. The Morgan fingerprint density at radius 2 is 2.25 bits per heavy atom. The Bertz CT molecular complexity index is 380. The molecule has 0 fully saturated rings. The average Bonchev–Trinajstić information content (AvgIpc) is 2.55. The van der Waals surface area contributed by atoms with Crippen LogP contribution in [0.1, 0.15) is 5.69 Å². The molecule has 0 atom stereocenters. The van der Waals surface area contributed by atoms with Gasteiger partial charge in [-0.1, -0.05) is 11.8 Å². The molecule has 12 heavy (non-hydrogen) atoms. The van der Waals surface area contributed by atoms with E-state index in [1.807, 2.05) is 20.2 Å². The number of H-pyrrole nitrogens is 1. The lowest BCUT2D eigenvalue weighted by atomic mass is 10.4. The fourth-order valence-electron chi connectivity index (χ4n) is 1.25. The summed E-state index contributed by atoms with van der Waals surface area (Å²) in [5.41, 5.74) is 2.97. The zero-order chi connectivity index (χ0) is 8.72. The molecule has 0 aliphatic rings. The second-order valence-corrected chi connectivity index (χ2v) is 3.45. The summed E-state index contributed by atoms with van der Waals surface area (Å²) in [5, 5.41) is 5.18. The summed E-state index contributed by atoms with van der Waals surface area (Å²) >= 11 is 1.61. The topological polar surface area (TPSA) is 46.5 Å². The minimum absolute atomic E-state index is 0.928. The number of imidazole rings is 1. The van der Waals surface area contributed by atoms with Crippen LogP contribution < -0.4 is 0 Å². The minimum Gasteiger partial charge on any atom is -0.330 e. The van der Waals surface area contributed by atoms with Crippen molar-refractivity contribution in [3.8, 4) is 0 Å². The molecule has 0 aliphatic carbocycles. The maximum atomic E-state index is 4.36. The lowest BCUT2D eigenvalue weighted by molar-refractivity contribution is 0.767. The Morgan fingerprint density at radius 3 is 2.83 bits per heavy atom. The predicted molar refractivity (Wildman–Crippen MR) is 49.4 cm³/mol. The number of nitrogens with one attached hydrogen (secondary N) is 1. The van der Waals surface area contributed by atoms with Crippen LogP contribution in [0, 0.1) is 6.92 Å². The number of thioether (sulfide) groups is 1. The number of hydrogen-bond acceptors (Lipinski definition) is 3. The third-order valence-corrected chi connectivity index (χ3v) is 2.40. The van der Waals surface area contributed by atoms with Gasteiger partial charge in [-0.25, -0.2) is 9.67 Å². The average molecular weight is 182 g/mol. The van der Waals surface area contributed by atoms with Crippen molar-refractivity contribution >= 4 is 22.9 Å². The Morgan fingerprint density at radius 1 is 1.50 bits per heavy atom. The van der Waals surface area contributed by atoms with Crippen LogP contribution in [-0.4, -0.2) is 26.0 Å². The van der Waals surface area contributed by atoms with E-state index in [2.05, 4.69) is 15.1 Å². The van der Waals surface area contributed by atoms with E-state index in [9.17, 15) is 0 Å². The molecule has 0 unspecified atom stereocenters. The van der Waals surface area contributed by atoms with E-state index in [1.165, 1.54) is 0 Å². The van der Waals surface area contributed by atoms with Crippen molar-refractivity contribution in [2.75, 3.05) is 6.26 Å². The molecule has 0 amide bonds. The first-order chi connectivity index (χ1) is 5.72. The van der Waals surface area contributed by atoms with E-state index in [4.69, 9.17) is 0 Å². The number of rotatable bonds is 1. The number of nitrogens with zero attached hydrogens (tertiary/aromatic N) is 3. The van der Waals surface area contributed by atoms with Crippen molar-refractivity contribution in [1.29, 1.82) is 0 Å². The van der Waals surface area contributed by atoms with E-state index in [1.54, 1.807) is 16.4 Å². The first-order valence-electron chi connectivity index (χ1n) is 3.65. The molecule has 0 spiro atoms. The molecule has 2 aromatic rings. The molecule has 2 heterocycles. The predicted octanol–water partition coefficient (Wildman–Crippen LogP) is 1.33. The van der Waals surface area contributed by atoms with Gasteiger partial charge in [-0.05, 0) is 13.2 Å². The molecule has 1 N–H and O–H groups in total. The van der Waals surface area contributed by atoms with Gasteiger partial charge in [-0.15, -0.1) is 0 Å². The van der Waals surface area contributed by atoms with E-state index >= 15 is 0 Å². The molecule has 4 nitrogen and oxygen atoms in total. The fraction of sp³-hybridized carbons (Fsp3) is 0.429. The van der Waals surface area contributed by atoms with Crippen LogP contribution in [0.2, 0.25) is 0 Å². The number of aromatic nitrogens is 4. The van der Waals surface area contributed by atoms with Gasteiger partial charge in [0.2, 0.25) is 0 Å². The molecule has 0 radical (unpaired) electrons. The molecular formula is C7H10N4S. The standard InChI is InChI=1S/C7H10N4S/c1-4-5-6(11(2)10-4)9-7(8-5)12-3/h1-3H3,(H,8,9). The molecule has 0 aromatic carbocycles. The van der Waals surface area contributed by atoms with Crippen molar-refractivity contribution in [3.63, 3.8) is 0 Å². The normalized spacial score (nSPS) is 11.2. The monoisotopic (exact) mass is 182 g/mol. The minimum atomic E-state index is 0.928. The quantitative estimate of drug-likeness (QED) is 0.677. The molecule has 0 bridgehead atoms.